The van der Waals surface area contributed by atoms with Crippen LogP contribution in [0.4, 0.5) is 5.69 Å². The van der Waals surface area contributed by atoms with Gasteiger partial charge in [-0.3, -0.25) is 14.7 Å². The van der Waals surface area contributed by atoms with Crippen LogP contribution in [0.3, 0.4) is 0 Å². The van der Waals surface area contributed by atoms with Crippen LogP contribution >= 0.6 is 11.8 Å². The van der Waals surface area contributed by atoms with Crippen LogP contribution in [0.15, 0.2) is 95.1 Å². The fourth-order valence-corrected chi connectivity index (χ4v) is 4.30. The number of rotatable bonds is 4. The summed E-state index contributed by atoms with van der Waals surface area (Å²) in [5.41, 5.74) is 4.69. The lowest BCUT2D eigenvalue weighted by atomic mass is 10.2. The van der Waals surface area contributed by atoms with Gasteiger partial charge < -0.3 is 4.98 Å². The Morgan fingerprint density at radius 2 is 1.77 bits per heavy atom. The summed E-state index contributed by atoms with van der Waals surface area (Å²) in [5, 5.41) is 0.683. The molecule has 0 unspecified atom stereocenters. The summed E-state index contributed by atoms with van der Waals surface area (Å²) in [6, 6.07) is 25.6. The van der Waals surface area contributed by atoms with Crippen molar-refractivity contribution in [3.05, 3.63) is 101 Å². The van der Waals surface area contributed by atoms with Crippen molar-refractivity contribution in [2.24, 2.45) is 4.99 Å². The highest BCUT2D eigenvalue weighted by molar-refractivity contribution is 8.19. The zero-order valence-electron chi connectivity index (χ0n) is 16.0. The molecule has 1 saturated heterocycles. The normalized spacial score (nSPS) is 16.8. The Kier molecular flexibility index (Phi) is 4.91. The van der Waals surface area contributed by atoms with E-state index in [0.29, 0.717) is 16.6 Å². The predicted octanol–water partition coefficient (Wildman–Crippen LogP) is 5.24. The van der Waals surface area contributed by atoms with Gasteiger partial charge in [0.1, 0.15) is 0 Å². The molecule has 1 aliphatic heterocycles. The number of imidazole rings is 1. The van der Waals surface area contributed by atoms with Crippen molar-refractivity contribution < 1.29 is 4.79 Å². The summed E-state index contributed by atoms with van der Waals surface area (Å²) in [7, 11) is 0. The van der Waals surface area contributed by atoms with E-state index >= 15 is 0 Å². The number of H-pyrrole nitrogens is 1. The maximum Gasteiger partial charge on any atom is 0.271 e. The van der Waals surface area contributed by atoms with Crippen molar-refractivity contribution in [1.82, 2.24) is 9.97 Å². The zero-order valence-corrected chi connectivity index (χ0v) is 16.8. The molecule has 0 spiro atoms. The summed E-state index contributed by atoms with van der Waals surface area (Å²) < 4.78 is 0. The first-order chi connectivity index (χ1) is 14.8. The molecule has 1 N–H and O–H groups in total. The molecule has 30 heavy (non-hydrogen) atoms. The van der Waals surface area contributed by atoms with E-state index in [1.165, 1.54) is 11.8 Å². The minimum absolute atomic E-state index is 0.0693. The topological polar surface area (TPSA) is 61.4 Å². The monoisotopic (exact) mass is 410 g/mol. The number of fused-ring (bicyclic) bond motifs is 1. The van der Waals surface area contributed by atoms with Gasteiger partial charge in [0.2, 0.25) is 0 Å². The average Bonchev–Trinajstić information content (AvgIpc) is 3.38. The molecule has 5 rings (SSSR count). The molecule has 0 aliphatic carbocycles. The van der Waals surface area contributed by atoms with E-state index in [-0.39, 0.29) is 5.91 Å². The lowest BCUT2D eigenvalue weighted by Crippen LogP contribution is -2.28. The Labute approximate surface area is 178 Å². The van der Waals surface area contributed by atoms with Crippen molar-refractivity contribution in [2.75, 3.05) is 4.90 Å². The summed E-state index contributed by atoms with van der Waals surface area (Å²) in [6.07, 6.45) is 3.57. The number of amidine groups is 1. The van der Waals surface area contributed by atoms with Gasteiger partial charge in [-0.1, -0.05) is 54.6 Å². The Hall–Kier alpha value is -3.64. The first-order valence-corrected chi connectivity index (χ1v) is 10.4. The molecule has 4 aromatic rings. The van der Waals surface area contributed by atoms with Crippen molar-refractivity contribution in [2.45, 2.75) is 6.54 Å². The molecule has 0 saturated carbocycles. The molecule has 6 heteroatoms. The number of carbonyl (C=O) groups is 1. The van der Waals surface area contributed by atoms with E-state index < -0.39 is 0 Å². The van der Waals surface area contributed by atoms with Gasteiger partial charge in [-0.2, -0.15) is 0 Å². The quantitative estimate of drug-likeness (QED) is 0.468. The number of carbonyl (C=O) groups excluding carboxylic acids is 1. The van der Waals surface area contributed by atoms with Gasteiger partial charge in [0.05, 0.1) is 34.5 Å². The third kappa shape index (κ3) is 3.65. The van der Waals surface area contributed by atoms with Gasteiger partial charge in [0.25, 0.3) is 5.91 Å². The minimum Gasteiger partial charge on any atom is -0.345 e. The highest BCUT2D eigenvalue weighted by Gasteiger charge is 2.34. The van der Waals surface area contributed by atoms with Crippen LogP contribution in [0.5, 0.6) is 0 Å². The Balaban J connectivity index is 1.51. The van der Waals surface area contributed by atoms with Gasteiger partial charge in [0.15, 0.2) is 5.17 Å². The maximum atomic E-state index is 13.3. The molecule has 3 aromatic carbocycles. The van der Waals surface area contributed by atoms with E-state index in [0.717, 1.165) is 27.8 Å². The molecule has 146 valence electrons. The number of para-hydroxylation sites is 1. The Morgan fingerprint density at radius 1 is 1.00 bits per heavy atom. The van der Waals surface area contributed by atoms with E-state index in [2.05, 4.69) is 9.97 Å². The van der Waals surface area contributed by atoms with Gasteiger partial charge in [-0.15, -0.1) is 0 Å². The third-order valence-corrected chi connectivity index (χ3v) is 5.81. The van der Waals surface area contributed by atoms with Crippen molar-refractivity contribution >= 4 is 45.6 Å². The number of hydrogen-bond donors (Lipinski definition) is 1. The number of aliphatic imine (C=N–C) groups is 1. The molecule has 0 bridgehead atoms. The first-order valence-electron chi connectivity index (χ1n) is 9.58. The van der Waals surface area contributed by atoms with Gasteiger partial charge in [-0.25, -0.2) is 4.98 Å². The molecule has 0 atom stereocenters. The summed E-state index contributed by atoms with van der Waals surface area (Å²) in [6.45, 7) is 0.520. The number of amides is 1. The summed E-state index contributed by atoms with van der Waals surface area (Å²) in [4.78, 5) is 27.8. The molecular weight excluding hydrogens is 392 g/mol. The van der Waals surface area contributed by atoms with Gasteiger partial charge >= 0.3 is 0 Å². The van der Waals surface area contributed by atoms with E-state index in [4.69, 9.17) is 4.99 Å². The smallest absolute Gasteiger partial charge is 0.271 e. The molecule has 1 aliphatic rings. The fourth-order valence-electron chi connectivity index (χ4n) is 3.32. The van der Waals surface area contributed by atoms with Crippen LogP contribution in [0, 0.1) is 0 Å². The molecular formula is C24H18N4OS. The van der Waals surface area contributed by atoms with Crippen molar-refractivity contribution in [3.8, 4) is 0 Å². The molecule has 1 amide bonds. The number of benzene rings is 3. The number of anilines is 1. The van der Waals surface area contributed by atoms with Crippen LogP contribution in [-0.4, -0.2) is 21.0 Å². The third-order valence-electron chi connectivity index (χ3n) is 4.80. The number of hydrogen-bond acceptors (Lipinski definition) is 4. The van der Waals surface area contributed by atoms with E-state index in [1.807, 2.05) is 84.9 Å². The van der Waals surface area contributed by atoms with Crippen LogP contribution in [0.25, 0.3) is 17.1 Å². The highest BCUT2D eigenvalue weighted by atomic mass is 32.2. The molecule has 2 heterocycles. The van der Waals surface area contributed by atoms with Crippen molar-refractivity contribution in [1.29, 1.82) is 0 Å². The molecule has 0 radical (unpaired) electrons. The number of nitrogens with zero attached hydrogens (tertiary/aromatic N) is 3. The van der Waals surface area contributed by atoms with Crippen molar-refractivity contribution in [3.63, 3.8) is 0 Å². The van der Waals surface area contributed by atoms with Crippen LogP contribution < -0.4 is 4.90 Å². The molecule has 1 fully saturated rings. The first kappa shape index (κ1) is 18.4. The van der Waals surface area contributed by atoms with Crippen LogP contribution in [0.1, 0.15) is 11.1 Å². The average molecular weight is 411 g/mol. The fraction of sp³-hybridized carbons (Fsp3) is 0.0417. The Bertz CT molecular complexity index is 1260. The van der Waals surface area contributed by atoms with Crippen LogP contribution in [-0.2, 0) is 11.3 Å². The number of aromatic amines is 1. The zero-order chi connectivity index (χ0) is 20.3. The number of nitrogens with one attached hydrogen (secondary N) is 1. The lowest BCUT2D eigenvalue weighted by molar-refractivity contribution is -0.113. The minimum atomic E-state index is -0.0693. The standard InChI is InChI=1S/C24H18N4OS/c29-23-22(14-18-11-12-20-21(13-18)27-16-26-20)30-24(25-15-17-7-3-1-4-8-17)28(23)19-9-5-2-6-10-19/h1-14,16H,15H2,(H,26,27)/b22-14-,25-24-. The van der Waals surface area contributed by atoms with Gasteiger partial charge in [0, 0.05) is 0 Å². The molecule has 1 aromatic heterocycles. The number of thioether (sulfide) groups is 1. The van der Waals surface area contributed by atoms with Crippen LogP contribution in [0.2, 0.25) is 0 Å². The SMILES string of the molecule is O=C1/C(=C/c2ccc3[nH]cnc3c2)S/C(=N\Cc2ccccc2)N1c1ccccc1. The highest BCUT2D eigenvalue weighted by Crippen LogP contribution is 2.36. The van der Waals surface area contributed by atoms with Gasteiger partial charge in [-0.05, 0) is 53.2 Å². The second-order valence-corrected chi connectivity index (χ2v) is 7.86. The second-order valence-electron chi connectivity index (χ2n) is 6.85. The predicted molar refractivity (Wildman–Crippen MR) is 123 cm³/mol. The lowest BCUT2D eigenvalue weighted by Gasteiger charge is -2.15. The summed E-state index contributed by atoms with van der Waals surface area (Å²) in [5.74, 6) is -0.0693. The maximum absolute atomic E-state index is 13.3. The Morgan fingerprint density at radius 3 is 2.57 bits per heavy atom. The van der Waals surface area contributed by atoms with E-state index in [9.17, 15) is 4.79 Å². The second kappa shape index (κ2) is 8.00. The summed E-state index contributed by atoms with van der Waals surface area (Å²) >= 11 is 1.40. The largest absolute Gasteiger partial charge is 0.345 e. The van der Waals surface area contributed by atoms with E-state index in [1.54, 1.807) is 11.2 Å². The number of aromatic nitrogens is 2. The molecule has 5 nitrogen and oxygen atoms in total.